The summed E-state index contributed by atoms with van der Waals surface area (Å²) in [7, 11) is 0. The molecule has 0 saturated heterocycles. The summed E-state index contributed by atoms with van der Waals surface area (Å²) in [6.07, 6.45) is 0. The molecule has 46 valence electrons. The van der Waals surface area contributed by atoms with Gasteiger partial charge in [-0.25, -0.2) is 0 Å². The van der Waals surface area contributed by atoms with E-state index in [0.29, 0.717) is 19.8 Å². The molecule has 3 heteroatoms. The van der Waals surface area contributed by atoms with Gasteiger partial charge in [0, 0.05) is 13.8 Å². The first kappa shape index (κ1) is 7.39. The van der Waals surface area contributed by atoms with Crippen LogP contribution < -0.4 is 0 Å². The van der Waals surface area contributed by atoms with Gasteiger partial charge in [0.15, 0.2) is 0 Å². The van der Waals surface area contributed by atoms with Crippen molar-refractivity contribution in [1.29, 1.82) is 0 Å². The Morgan fingerprint density at radius 2 is 1.33 bits per heavy atom. The van der Waals surface area contributed by atoms with Crippen molar-refractivity contribution < 1.29 is 0 Å². The molecule has 0 aliphatic carbocycles. The van der Waals surface area contributed by atoms with Gasteiger partial charge in [0.25, 0.3) is 0 Å². The summed E-state index contributed by atoms with van der Waals surface area (Å²) in [6, 6.07) is 0. The lowest BCUT2D eigenvalue weighted by atomic mass is 10.2. The standard InChI is InChI=1S/C6H2Cl2S/c1-3-4(2)6(8)9-5(3)7/h1-2H. The van der Waals surface area contributed by atoms with E-state index in [1.165, 1.54) is 11.3 Å². The second kappa shape index (κ2) is 2.49. The van der Waals surface area contributed by atoms with Gasteiger partial charge < -0.3 is 0 Å². The van der Waals surface area contributed by atoms with Crippen LogP contribution in [0.3, 0.4) is 0 Å². The lowest BCUT2D eigenvalue weighted by Crippen LogP contribution is -1.69. The molecule has 1 heterocycles. The van der Waals surface area contributed by atoms with Crippen LogP contribution in [0.15, 0.2) is 0 Å². The lowest BCUT2D eigenvalue weighted by Gasteiger charge is -1.85. The van der Waals surface area contributed by atoms with Crippen molar-refractivity contribution in [2.75, 3.05) is 0 Å². The van der Waals surface area contributed by atoms with E-state index >= 15 is 0 Å². The monoisotopic (exact) mass is 176 g/mol. The van der Waals surface area contributed by atoms with Crippen molar-refractivity contribution in [2.45, 2.75) is 0 Å². The molecule has 0 unspecified atom stereocenters. The van der Waals surface area contributed by atoms with Crippen LogP contribution >= 0.6 is 34.5 Å². The zero-order valence-corrected chi connectivity index (χ0v) is 6.65. The molecule has 0 bridgehead atoms. The highest BCUT2D eigenvalue weighted by atomic mass is 35.5. The molecular formula is C6H2Cl2S. The van der Waals surface area contributed by atoms with E-state index in [1.54, 1.807) is 0 Å². The average Bonchev–Trinajstić information content (AvgIpc) is 1.98. The molecule has 0 amide bonds. The molecule has 0 aliphatic rings. The minimum Gasteiger partial charge on any atom is -0.111 e. The first-order valence-electron chi connectivity index (χ1n) is 2.11. The van der Waals surface area contributed by atoms with Crippen molar-refractivity contribution in [1.82, 2.24) is 0 Å². The van der Waals surface area contributed by atoms with Gasteiger partial charge in [0.1, 0.15) is 0 Å². The molecule has 1 rings (SSSR count). The summed E-state index contributed by atoms with van der Waals surface area (Å²) in [5, 5.41) is 0. The zero-order chi connectivity index (χ0) is 7.02. The predicted octanol–water partition coefficient (Wildman–Crippen LogP) is 3.17. The Labute approximate surface area is 68.4 Å². The van der Waals surface area contributed by atoms with Crippen LogP contribution in [0.4, 0.5) is 0 Å². The molecule has 0 nitrogen and oxygen atoms in total. The molecule has 1 aromatic rings. The summed E-state index contributed by atoms with van der Waals surface area (Å²) in [5.41, 5.74) is 0.762. The number of hydrogen-bond acceptors (Lipinski definition) is 1. The third-order valence-electron chi connectivity index (χ3n) is 0.893. The summed E-state index contributed by atoms with van der Waals surface area (Å²) in [4.78, 5) is 0. The van der Waals surface area contributed by atoms with Crippen LogP contribution in [0.5, 0.6) is 0 Å². The minimum atomic E-state index is 0.381. The summed E-state index contributed by atoms with van der Waals surface area (Å²) in [6.45, 7) is 10.7. The number of thiophene rings is 1. The molecule has 0 aromatic carbocycles. The van der Waals surface area contributed by atoms with Gasteiger partial charge in [-0.2, -0.15) is 0 Å². The second-order valence-electron chi connectivity index (χ2n) is 1.48. The van der Waals surface area contributed by atoms with Crippen LogP contribution in [0.1, 0.15) is 11.1 Å². The molecule has 0 saturated carbocycles. The van der Waals surface area contributed by atoms with E-state index in [4.69, 9.17) is 37.0 Å². The topological polar surface area (TPSA) is 0 Å². The molecule has 0 N–H and O–H groups in total. The van der Waals surface area contributed by atoms with Crippen LogP contribution in [-0.2, 0) is 0 Å². The Kier molecular flexibility index (Phi) is 2.04. The second-order valence-corrected chi connectivity index (χ2v) is 3.70. The highest BCUT2D eigenvalue weighted by Crippen LogP contribution is 2.34. The number of halogens is 2. The fourth-order valence-electron chi connectivity index (χ4n) is 0.400. The predicted molar refractivity (Wildman–Crippen MR) is 41.1 cm³/mol. The van der Waals surface area contributed by atoms with Gasteiger partial charge in [-0.15, -0.1) is 11.3 Å². The molecule has 0 fully saturated rings. The fourth-order valence-corrected chi connectivity index (χ4v) is 1.78. The van der Waals surface area contributed by atoms with Gasteiger partial charge in [0.2, 0.25) is 0 Å². The van der Waals surface area contributed by atoms with Crippen molar-refractivity contribution in [3.05, 3.63) is 33.6 Å². The minimum absolute atomic E-state index is 0.381. The Balaban J connectivity index is 3.29. The van der Waals surface area contributed by atoms with Crippen LogP contribution in [0.25, 0.3) is 0 Å². The summed E-state index contributed by atoms with van der Waals surface area (Å²) < 4.78 is 0.912. The number of rotatable bonds is 0. The first-order chi connectivity index (χ1) is 4.13. The van der Waals surface area contributed by atoms with E-state index in [2.05, 4.69) is 0 Å². The van der Waals surface area contributed by atoms with E-state index < -0.39 is 0 Å². The van der Waals surface area contributed by atoms with E-state index in [0.717, 1.165) is 0 Å². The Morgan fingerprint density at radius 3 is 1.44 bits per heavy atom. The van der Waals surface area contributed by atoms with Gasteiger partial charge >= 0.3 is 0 Å². The summed E-state index contributed by atoms with van der Waals surface area (Å²) in [5.74, 6) is 0. The Bertz CT molecular complexity index is 205. The average molecular weight is 177 g/mol. The molecular weight excluding hydrogens is 175 g/mol. The Morgan fingerprint density at radius 1 is 1.00 bits per heavy atom. The van der Waals surface area contributed by atoms with Crippen molar-refractivity contribution in [3.8, 4) is 0 Å². The fraction of sp³-hybridized carbons (Fsp3) is 0. The van der Waals surface area contributed by atoms with E-state index in [9.17, 15) is 0 Å². The molecule has 0 aliphatic heterocycles. The van der Waals surface area contributed by atoms with Crippen molar-refractivity contribution in [2.24, 2.45) is 0 Å². The van der Waals surface area contributed by atoms with Gasteiger partial charge in [-0.1, -0.05) is 23.2 Å². The van der Waals surface area contributed by atoms with E-state index in [-0.39, 0.29) is 0 Å². The van der Waals surface area contributed by atoms with Crippen LogP contribution in [0.2, 0.25) is 8.67 Å². The maximum absolute atomic E-state index is 5.56. The Hall–Kier alpha value is 0.280. The lowest BCUT2D eigenvalue weighted by molar-refractivity contribution is 1.66. The molecule has 1 aromatic heterocycles. The molecule has 0 atom stereocenters. The highest BCUT2D eigenvalue weighted by molar-refractivity contribution is 7.20. The largest absolute Gasteiger partial charge is 0.111 e. The van der Waals surface area contributed by atoms with Crippen LogP contribution in [0, 0.1) is 13.8 Å². The SMILES string of the molecule is [CH]c1c(Cl)sc(Cl)c1[CH]. The van der Waals surface area contributed by atoms with Crippen molar-refractivity contribution in [3.63, 3.8) is 0 Å². The molecule has 9 heavy (non-hydrogen) atoms. The quantitative estimate of drug-likeness (QED) is 0.570. The zero-order valence-electron chi connectivity index (χ0n) is 4.32. The molecule has 4 radical (unpaired) electrons. The molecule has 0 spiro atoms. The maximum Gasteiger partial charge on any atom is 0.0982 e. The highest BCUT2D eigenvalue weighted by Gasteiger charge is 2.06. The number of hydrogen-bond donors (Lipinski definition) is 0. The van der Waals surface area contributed by atoms with Crippen molar-refractivity contribution >= 4 is 34.5 Å². The van der Waals surface area contributed by atoms with Gasteiger partial charge in [-0.3, -0.25) is 0 Å². The first-order valence-corrected chi connectivity index (χ1v) is 3.69. The van der Waals surface area contributed by atoms with Crippen LogP contribution in [-0.4, -0.2) is 0 Å². The third kappa shape index (κ3) is 1.23. The van der Waals surface area contributed by atoms with Gasteiger partial charge in [-0.05, 0) is 11.1 Å². The summed E-state index contributed by atoms with van der Waals surface area (Å²) >= 11 is 12.3. The maximum atomic E-state index is 5.56. The van der Waals surface area contributed by atoms with Gasteiger partial charge in [0.05, 0.1) is 8.67 Å². The normalized spacial score (nSPS) is 10.2. The third-order valence-corrected chi connectivity index (χ3v) is 2.56. The van der Waals surface area contributed by atoms with E-state index in [1.807, 2.05) is 0 Å². The smallest absolute Gasteiger partial charge is 0.0982 e.